The van der Waals surface area contributed by atoms with Crippen molar-refractivity contribution in [2.45, 2.75) is 11.7 Å². The zero-order valence-corrected chi connectivity index (χ0v) is 14.1. The Kier molecular flexibility index (Phi) is 4.37. The number of anilines is 1. The Balaban J connectivity index is 1.74. The standard InChI is InChI=1S/C15H10N2O9S/c18-11-5-6-12(19)16(11)9-3-1-8(2-4-9)15(22)26-17-13(20)7-10(14(17)21)27(23,24)25/h1-6,10H,7H2,(H,23,24,25). The predicted molar refractivity (Wildman–Crippen MR) is 85.3 cm³/mol. The number of imide groups is 2. The summed E-state index contributed by atoms with van der Waals surface area (Å²) in [5.74, 6) is -4.75. The molecule has 12 heteroatoms. The summed E-state index contributed by atoms with van der Waals surface area (Å²) in [5.41, 5.74) is 0.0491. The molecule has 1 atom stereocenters. The summed E-state index contributed by atoms with van der Waals surface area (Å²) < 4.78 is 31.0. The molecule has 11 nitrogen and oxygen atoms in total. The van der Waals surface area contributed by atoms with Gasteiger partial charge < -0.3 is 4.84 Å². The molecule has 0 saturated carbocycles. The molecule has 1 aromatic carbocycles. The number of hydrogen-bond acceptors (Lipinski definition) is 8. The highest BCUT2D eigenvalue weighted by Crippen LogP contribution is 2.22. The van der Waals surface area contributed by atoms with E-state index in [2.05, 4.69) is 4.84 Å². The molecular weight excluding hydrogens is 384 g/mol. The van der Waals surface area contributed by atoms with E-state index in [1.165, 1.54) is 24.3 Å². The van der Waals surface area contributed by atoms with Crippen molar-refractivity contribution in [1.29, 1.82) is 0 Å². The highest BCUT2D eigenvalue weighted by atomic mass is 32.2. The first-order valence-corrected chi connectivity index (χ1v) is 8.81. The van der Waals surface area contributed by atoms with Crippen molar-refractivity contribution < 1.29 is 41.8 Å². The minimum atomic E-state index is -4.82. The summed E-state index contributed by atoms with van der Waals surface area (Å²) in [6.07, 6.45) is 1.32. The van der Waals surface area contributed by atoms with Crippen molar-refractivity contribution in [2.24, 2.45) is 0 Å². The van der Waals surface area contributed by atoms with Crippen molar-refractivity contribution in [2.75, 3.05) is 4.90 Å². The Morgan fingerprint density at radius 1 is 1.04 bits per heavy atom. The number of rotatable bonds is 4. The van der Waals surface area contributed by atoms with Crippen LogP contribution in [0.5, 0.6) is 0 Å². The second kappa shape index (κ2) is 6.41. The SMILES string of the molecule is O=C(ON1C(=O)CC(S(=O)(=O)O)C1=O)c1ccc(N2C(=O)C=CC2=O)cc1. The second-order valence-corrected chi connectivity index (χ2v) is 7.10. The third kappa shape index (κ3) is 3.35. The van der Waals surface area contributed by atoms with Crippen LogP contribution in [0.25, 0.3) is 0 Å². The Labute approximate surface area is 151 Å². The molecular formula is C15H10N2O9S. The summed E-state index contributed by atoms with van der Waals surface area (Å²) in [5, 5.41) is -2.05. The quantitative estimate of drug-likeness (QED) is 0.510. The van der Waals surface area contributed by atoms with Crippen LogP contribution in [0, 0.1) is 0 Å². The van der Waals surface area contributed by atoms with Gasteiger partial charge in [0.1, 0.15) is 0 Å². The molecule has 27 heavy (non-hydrogen) atoms. The summed E-state index contributed by atoms with van der Waals surface area (Å²) in [6.45, 7) is 0. The summed E-state index contributed by atoms with van der Waals surface area (Å²) in [7, 11) is -4.82. The van der Waals surface area contributed by atoms with Gasteiger partial charge in [0.05, 0.1) is 17.7 Å². The zero-order chi connectivity index (χ0) is 19.9. The molecule has 1 N–H and O–H groups in total. The van der Waals surface area contributed by atoms with Crippen molar-refractivity contribution in [3.63, 3.8) is 0 Å². The van der Waals surface area contributed by atoms with E-state index in [4.69, 9.17) is 4.55 Å². The molecule has 3 rings (SSSR count). The van der Waals surface area contributed by atoms with E-state index in [-0.39, 0.29) is 16.3 Å². The van der Waals surface area contributed by atoms with E-state index < -0.39 is 51.4 Å². The van der Waals surface area contributed by atoms with Gasteiger partial charge in [0.2, 0.25) is 0 Å². The first-order chi connectivity index (χ1) is 12.6. The molecule has 1 unspecified atom stereocenters. The predicted octanol–water partition coefficient (Wildman–Crippen LogP) is -0.797. The van der Waals surface area contributed by atoms with Crippen LogP contribution in [-0.4, -0.2) is 52.9 Å². The van der Waals surface area contributed by atoms with E-state index in [0.29, 0.717) is 0 Å². The molecule has 0 radical (unpaired) electrons. The largest absolute Gasteiger partial charge is 0.363 e. The van der Waals surface area contributed by atoms with Gasteiger partial charge >= 0.3 is 5.97 Å². The summed E-state index contributed by atoms with van der Waals surface area (Å²) >= 11 is 0. The highest BCUT2D eigenvalue weighted by molar-refractivity contribution is 7.87. The maximum Gasteiger partial charge on any atom is 0.363 e. The van der Waals surface area contributed by atoms with Crippen LogP contribution in [0.3, 0.4) is 0 Å². The lowest BCUT2D eigenvalue weighted by Crippen LogP contribution is -2.36. The maximum atomic E-state index is 12.1. The van der Waals surface area contributed by atoms with Crippen LogP contribution in [0.4, 0.5) is 5.69 Å². The van der Waals surface area contributed by atoms with E-state index in [9.17, 15) is 32.4 Å². The number of benzene rings is 1. The first kappa shape index (κ1) is 18.4. The molecule has 0 spiro atoms. The molecule has 2 aliphatic heterocycles. The fourth-order valence-corrected chi connectivity index (χ4v) is 3.15. The van der Waals surface area contributed by atoms with Crippen LogP contribution in [-0.2, 0) is 34.1 Å². The minimum absolute atomic E-state index is 0.0217. The van der Waals surface area contributed by atoms with Gasteiger partial charge in [0.25, 0.3) is 33.7 Å². The average Bonchev–Trinajstić information content (AvgIpc) is 3.08. The number of amides is 4. The van der Waals surface area contributed by atoms with E-state index in [1.807, 2.05) is 0 Å². The van der Waals surface area contributed by atoms with Crippen LogP contribution >= 0.6 is 0 Å². The van der Waals surface area contributed by atoms with Gasteiger partial charge in [-0.25, -0.2) is 9.69 Å². The highest BCUT2D eigenvalue weighted by Gasteiger charge is 2.48. The molecule has 140 valence electrons. The van der Waals surface area contributed by atoms with Gasteiger partial charge in [0, 0.05) is 12.2 Å². The van der Waals surface area contributed by atoms with Crippen molar-refractivity contribution >= 4 is 45.4 Å². The van der Waals surface area contributed by atoms with Crippen LogP contribution in [0.2, 0.25) is 0 Å². The van der Waals surface area contributed by atoms with Gasteiger partial charge in [0.15, 0.2) is 5.25 Å². The second-order valence-electron chi connectivity index (χ2n) is 5.50. The van der Waals surface area contributed by atoms with Crippen LogP contribution in [0.1, 0.15) is 16.8 Å². The Hall–Kier alpha value is -3.38. The Morgan fingerprint density at radius 3 is 2.07 bits per heavy atom. The number of hydrogen-bond donors (Lipinski definition) is 1. The van der Waals surface area contributed by atoms with E-state index >= 15 is 0 Å². The smallest absolute Gasteiger partial charge is 0.325 e. The summed E-state index contributed by atoms with van der Waals surface area (Å²) in [6, 6.07) is 4.91. The Morgan fingerprint density at radius 2 is 1.59 bits per heavy atom. The number of nitrogens with zero attached hydrogens (tertiary/aromatic N) is 2. The molecule has 0 aliphatic carbocycles. The van der Waals surface area contributed by atoms with Gasteiger partial charge in [-0.15, -0.1) is 5.06 Å². The fourth-order valence-electron chi connectivity index (χ4n) is 2.45. The average molecular weight is 394 g/mol. The Bertz CT molecular complexity index is 992. The minimum Gasteiger partial charge on any atom is -0.325 e. The third-order valence-corrected chi connectivity index (χ3v) is 4.85. The van der Waals surface area contributed by atoms with Crippen LogP contribution < -0.4 is 4.90 Å². The van der Waals surface area contributed by atoms with Crippen molar-refractivity contribution in [3.05, 3.63) is 42.0 Å². The summed E-state index contributed by atoms with van der Waals surface area (Å²) in [4.78, 5) is 64.2. The lowest BCUT2D eigenvalue weighted by Gasteiger charge is -2.15. The van der Waals surface area contributed by atoms with Gasteiger partial charge in [-0.05, 0) is 24.3 Å². The lowest BCUT2D eigenvalue weighted by molar-refractivity contribution is -0.172. The van der Waals surface area contributed by atoms with Gasteiger partial charge in [-0.2, -0.15) is 8.42 Å². The third-order valence-electron chi connectivity index (χ3n) is 3.77. The molecule has 2 heterocycles. The topological polar surface area (TPSA) is 155 Å². The molecule has 0 aromatic heterocycles. The maximum absolute atomic E-state index is 12.1. The monoisotopic (exact) mass is 394 g/mol. The molecule has 0 bridgehead atoms. The molecule has 1 aromatic rings. The zero-order valence-electron chi connectivity index (χ0n) is 13.3. The normalized spacial score (nSPS) is 20.0. The first-order valence-electron chi connectivity index (χ1n) is 7.31. The van der Waals surface area contributed by atoms with Gasteiger partial charge in [-0.1, -0.05) is 0 Å². The van der Waals surface area contributed by atoms with Crippen molar-refractivity contribution in [3.8, 4) is 0 Å². The number of carbonyl (C=O) groups excluding carboxylic acids is 5. The lowest BCUT2D eigenvalue weighted by atomic mass is 10.2. The number of carbonyl (C=O) groups is 5. The van der Waals surface area contributed by atoms with E-state index in [1.54, 1.807) is 0 Å². The van der Waals surface area contributed by atoms with Crippen LogP contribution in [0.15, 0.2) is 36.4 Å². The van der Waals surface area contributed by atoms with Crippen molar-refractivity contribution in [1.82, 2.24) is 5.06 Å². The molecule has 1 saturated heterocycles. The number of hydroxylamine groups is 2. The fraction of sp³-hybridized carbons (Fsp3) is 0.133. The molecule has 2 aliphatic rings. The molecule has 4 amide bonds. The molecule has 1 fully saturated rings. The van der Waals surface area contributed by atoms with E-state index in [0.717, 1.165) is 17.1 Å². The van der Waals surface area contributed by atoms with Gasteiger partial charge in [-0.3, -0.25) is 23.7 Å².